The first-order valence-corrected chi connectivity index (χ1v) is 8.69. The van der Waals surface area contributed by atoms with Crippen LogP contribution in [0.5, 0.6) is 0 Å². The minimum absolute atomic E-state index is 0.000501. The second kappa shape index (κ2) is 9.78. The minimum Gasteiger partial charge on any atom is -0.375 e. The van der Waals surface area contributed by atoms with Gasteiger partial charge >= 0.3 is 0 Å². The van der Waals surface area contributed by atoms with Crippen molar-refractivity contribution in [3.63, 3.8) is 0 Å². The van der Waals surface area contributed by atoms with E-state index in [9.17, 15) is 0 Å². The van der Waals surface area contributed by atoms with Crippen LogP contribution in [0.4, 0.5) is 0 Å². The monoisotopic (exact) mass is 285 g/mol. The Bertz CT molecular complexity index is 242. The lowest BCUT2D eigenvalue weighted by Gasteiger charge is -2.47. The van der Waals surface area contributed by atoms with Gasteiger partial charge in [0.1, 0.15) is 0 Å². The number of nitrogens with one attached hydrogen (secondary N) is 1. The van der Waals surface area contributed by atoms with Crippen LogP contribution in [0, 0.1) is 11.3 Å². The van der Waals surface area contributed by atoms with Crippen LogP contribution in [0.1, 0.15) is 80.6 Å². The summed E-state index contributed by atoms with van der Waals surface area (Å²) in [5, 5.41) is 3.37. The summed E-state index contributed by atoms with van der Waals surface area (Å²) in [5.74, 6) is 0.725. The fourth-order valence-corrected chi connectivity index (χ4v) is 3.41. The van der Waals surface area contributed by atoms with E-state index in [1.54, 1.807) is 0 Å². The standard InChI is InChI=1S/C18H39NO/c1-8-12-17(6,15-16(4)5)18(7,9-2)20-14-11-13-19-10-3/h16,19H,8-15H2,1-7H3. The van der Waals surface area contributed by atoms with Gasteiger partial charge in [-0.15, -0.1) is 0 Å². The van der Waals surface area contributed by atoms with Crippen molar-refractivity contribution in [3.05, 3.63) is 0 Å². The maximum absolute atomic E-state index is 6.40. The topological polar surface area (TPSA) is 21.3 Å². The van der Waals surface area contributed by atoms with E-state index in [2.05, 4.69) is 53.8 Å². The molecule has 0 spiro atoms. The largest absolute Gasteiger partial charge is 0.375 e. The molecular formula is C18H39NO. The van der Waals surface area contributed by atoms with Gasteiger partial charge in [0.25, 0.3) is 0 Å². The van der Waals surface area contributed by atoms with Crippen molar-refractivity contribution in [2.75, 3.05) is 19.7 Å². The lowest BCUT2D eigenvalue weighted by Crippen LogP contribution is -2.47. The molecule has 1 N–H and O–H groups in total. The van der Waals surface area contributed by atoms with Gasteiger partial charge < -0.3 is 10.1 Å². The minimum atomic E-state index is -0.000501. The fourth-order valence-electron chi connectivity index (χ4n) is 3.41. The maximum Gasteiger partial charge on any atom is 0.0705 e. The highest BCUT2D eigenvalue weighted by Gasteiger charge is 2.43. The number of hydrogen-bond donors (Lipinski definition) is 1. The molecule has 0 radical (unpaired) electrons. The molecule has 2 heteroatoms. The summed E-state index contributed by atoms with van der Waals surface area (Å²) in [6, 6.07) is 0. The van der Waals surface area contributed by atoms with Crippen molar-refractivity contribution < 1.29 is 4.74 Å². The van der Waals surface area contributed by atoms with E-state index in [1.165, 1.54) is 19.3 Å². The molecule has 0 aliphatic carbocycles. The summed E-state index contributed by atoms with van der Waals surface area (Å²) in [6.07, 6.45) is 5.94. The summed E-state index contributed by atoms with van der Waals surface area (Å²) in [7, 11) is 0. The molecule has 0 aromatic heterocycles. The third kappa shape index (κ3) is 6.13. The summed E-state index contributed by atoms with van der Waals surface area (Å²) in [6.45, 7) is 19.1. The highest BCUT2D eigenvalue weighted by atomic mass is 16.5. The predicted octanol–water partition coefficient (Wildman–Crippen LogP) is 5.02. The summed E-state index contributed by atoms with van der Waals surface area (Å²) >= 11 is 0. The van der Waals surface area contributed by atoms with Crippen molar-refractivity contribution >= 4 is 0 Å². The lowest BCUT2D eigenvalue weighted by molar-refractivity contribution is -0.131. The molecule has 0 aliphatic heterocycles. The molecule has 122 valence electrons. The van der Waals surface area contributed by atoms with E-state index in [-0.39, 0.29) is 11.0 Å². The quantitative estimate of drug-likeness (QED) is 0.508. The van der Waals surface area contributed by atoms with E-state index < -0.39 is 0 Å². The molecule has 2 atom stereocenters. The van der Waals surface area contributed by atoms with Gasteiger partial charge in [-0.3, -0.25) is 0 Å². The SMILES string of the molecule is CCCC(C)(CC(C)C)C(C)(CC)OCCCNCC. The first-order chi connectivity index (χ1) is 9.35. The number of ether oxygens (including phenoxy) is 1. The average Bonchev–Trinajstić information content (AvgIpc) is 2.37. The van der Waals surface area contributed by atoms with Crippen LogP contribution in [-0.2, 0) is 4.74 Å². The highest BCUT2D eigenvalue weighted by Crippen LogP contribution is 2.45. The van der Waals surface area contributed by atoms with E-state index >= 15 is 0 Å². The molecule has 0 rings (SSSR count). The maximum atomic E-state index is 6.40. The Labute approximate surface area is 128 Å². The van der Waals surface area contributed by atoms with E-state index in [0.29, 0.717) is 0 Å². The molecule has 20 heavy (non-hydrogen) atoms. The summed E-state index contributed by atoms with van der Waals surface area (Å²) < 4.78 is 6.40. The third-order valence-corrected chi connectivity index (χ3v) is 4.78. The van der Waals surface area contributed by atoms with Gasteiger partial charge in [-0.05, 0) is 57.0 Å². The zero-order chi connectivity index (χ0) is 15.6. The fraction of sp³-hybridized carbons (Fsp3) is 1.00. The summed E-state index contributed by atoms with van der Waals surface area (Å²) in [5.41, 5.74) is 0.280. The Morgan fingerprint density at radius 3 is 2.20 bits per heavy atom. The second-order valence-corrected chi connectivity index (χ2v) is 7.05. The molecule has 0 saturated heterocycles. The summed E-state index contributed by atoms with van der Waals surface area (Å²) in [4.78, 5) is 0. The third-order valence-electron chi connectivity index (χ3n) is 4.78. The Balaban J connectivity index is 4.66. The normalized spacial score (nSPS) is 18.0. The number of rotatable bonds is 12. The van der Waals surface area contributed by atoms with Crippen molar-refractivity contribution in [1.82, 2.24) is 5.32 Å². The molecular weight excluding hydrogens is 246 g/mol. The zero-order valence-corrected chi connectivity index (χ0v) is 15.1. The number of hydrogen-bond acceptors (Lipinski definition) is 2. The molecule has 0 aromatic carbocycles. The Morgan fingerprint density at radius 1 is 1.10 bits per heavy atom. The van der Waals surface area contributed by atoms with Crippen molar-refractivity contribution in [2.24, 2.45) is 11.3 Å². The van der Waals surface area contributed by atoms with Gasteiger partial charge in [-0.25, -0.2) is 0 Å². The Kier molecular flexibility index (Phi) is 9.74. The van der Waals surface area contributed by atoms with Crippen LogP contribution in [0.25, 0.3) is 0 Å². The molecule has 0 fully saturated rings. The van der Waals surface area contributed by atoms with Gasteiger partial charge in [0.15, 0.2) is 0 Å². The molecule has 2 unspecified atom stereocenters. The smallest absolute Gasteiger partial charge is 0.0705 e. The first kappa shape index (κ1) is 19.9. The van der Waals surface area contributed by atoms with Crippen LogP contribution in [-0.4, -0.2) is 25.3 Å². The van der Waals surface area contributed by atoms with E-state index in [0.717, 1.165) is 38.5 Å². The molecule has 0 heterocycles. The van der Waals surface area contributed by atoms with Crippen LogP contribution in [0.15, 0.2) is 0 Å². The van der Waals surface area contributed by atoms with Crippen molar-refractivity contribution in [2.45, 2.75) is 86.2 Å². The average molecular weight is 286 g/mol. The van der Waals surface area contributed by atoms with Gasteiger partial charge in [0.05, 0.1) is 5.60 Å². The Morgan fingerprint density at radius 2 is 1.75 bits per heavy atom. The van der Waals surface area contributed by atoms with Gasteiger partial charge in [-0.1, -0.05) is 48.0 Å². The molecule has 0 amide bonds. The zero-order valence-electron chi connectivity index (χ0n) is 15.1. The van der Waals surface area contributed by atoms with Gasteiger partial charge in [-0.2, -0.15) is 0 Å². The van der Waals surface area contributed by atoms with E-state index in [4.69, 9.17) is 4.74 Å². The highest BCUT2D eigenvalue weighted by molar-refractivity contribution is 4.94. The molecule has 0 aliphatic rings. The second-order valence-electron chi connectivity index (χ2n) is 7.05. The van der Waals surface area contributed by atoms with Gasteiger partial charge in [0, 0.05) is 6.61 Å². The molecule has 0 saturated carbocycles. The van der Waals surface area contributed by atoms with Crippen LogP contribution < -0.4 is 5.32 Å². The Hall–Kier alpha value is -0.0800. The molecule has 0 aromatic rings. The van der Waals surface area contributed by atoms with E-state index in [1.807, 2.05) is 0 Å². The molecule has 2 nitrogen and oxygen atoms in total. The lowest BCUT2D eigenvalue weighted by atomic mass is 9.65. The van der Waals surface area contributed by atoms with Crippen LogP contribution in [0.3, 0.4) is 0 Å². The van der Waals surface area contributed by atoms with Crippen LogP contribution in [0.2, 0.25) is 0 Å². The predicted molar refractivity (Wildman–Crippen MR) is 90.3 cm³/mol. The van der Waals surface area contributed by atoms with Crippen LogP contribution >= 0.6 is 0 Å². The van der Waals surface area contributed by atoms with Crippen molar-refractivity contribution in [1.29, 1.82) is 0 Å². The van der Waals surface area contributed by atoms with Crippen molar-refractivity contribution in [3.8, 4) is 0 Å². The molecule has 0 bridgehead atoms. The first-order valence-electron chi connectivity index (χ1n) is 8.69. The van der Waals surface area contributed by atoms with Gasteiger partial charge in [0.2, 0.25) is 0 Å².